The molecule has 0 radical (unpaired) electrons. The second kappa shape index (κ2) is 7.56. The molecular weight excluding hydrogens is 339 g/mol. The number of carbonyl (C=O) groups is 2. The van der Waals surface area contributed by atoms with E-state index in [1.165, 1.54) is 18.2 Å². The van der Waals surface area contributed by atoms with Gasteiger partial charge in [-0.25, -0.2) is 9.37 Å². The van der Waals surface area contributed by atoms with Crippen molar-refractivity contribution >= 4 is 22.7 Å². The smallest absolute Gasteiger partial charge is 0.272 e. The van der Waals surface area contributed by atoms with Crippen molar-refractivity contribution in [3.8, 4) is 0 Å². The van der Waals surface area contributed by atoms with Crippen LogP contribution in [0.5, 0.6) is 0 Å². The minimum absolute atomic E-state index is 0.0150. The number of amides is 2. The molecule has 3 rings (SSSR count). The van der Waals surface area contributed by atoms with Crippen molar-refractivity contribution in [2.24, 2.45) is 0 Å². The quantitative estimate of drug-likeness (QED) is 0.617. The van der Waals surface area contributed by atoms with Gasteiger partial charge in [0.25, 0.3) is 11.5 Å². The number of nitrogens with one attached hydrogen (secondary N) is 3. The van der Waals surface area contributed by atoms with Gasteiger partial charge in [-0.3, -0.25) is 25.2 Å². The largest absolute Gasteiger partial charge is 0.310 e. The average molecular weight is 354 g/mol. The van der Waals surface area contributed by atoms with Gasteiger partial charge in [-0.15, -0.1) is 0 Å². The number of rotatable bonds is 4. The number of H-pyrrole nitrogens is 1. The Morgan fingerprint density at radius 2 is 1.77 bits per heavy atom. The van der Waals surface area contributed by atoms with Crippen molar-refractivity contribution < 1.29 is 14.0 Å². The maximum absolute atomic E-state index is 13.5. The van der Waals surface area contributed by atoms with Gasteiger partial charge in [0, 0.05) is 12.8 Å². The van der Waals surface area contributed by atoms with Crippen LogP contribution in [0.15, 0.2) is 53.3 Å². The number of aromatic amines is 1. The van der Waals surface area contributed by atoms with E-state index in [1.54, 1.807) is 24.3 Å². The van der Waals surface area contributed by atoms with Gasteiger partial charge in [-0.05, 0) is 24.3 Å². The lowest BCUT2D eigenvalue weighted by molar-refractivity contribution is -0.121. The summed E-state index contributed by atoms with van der Waals surface area (Å²) in [6.45, 7) is 0. The van der Waals surface area contributed by atoms with Crippen molar-refractivity contribution in [2.45, 2.75) is 12.8 Å². The number of hydrazine groups is 1. The van der Waals surface area contributed by atoms with Gasteiger partial charge >= 0.3 is 0 Å². The maximum atomic E-state index is 13.5. The number of fused-ring (bicyclic) bond motifs is 1. The van der Waals surface area contributed by atoms with Gasteiger partial charge in [-0.2, -0.15) is 0 Å². The Hall–Kier alpha value is -3.55. The van der Waals surface area contributed by atoms with Gasteiger partial charge in [0.1, 0.15) is 11.6 Å². The number of aromatic nitrogens is 2. The second-order valence-electron chi connectivity index (χ2n) is 5.51. The molecule has 132 valence electrons. The first-order valence-corrected chi connectivity index (χ1v) is 7.86. The van der Waals surface area contributed by atoms with Crippen molar-refractivity contribution in [3.63, 3.8) is 0 Å². The number of carbonyl (C=O) groups excluding carboxylic acids is 2. The summed E-state index contributed by atoms with van der Waals surface area (Å²) >= 11 is 0. The summed E-state index contributed by atoms with van der Waals surface area (Å²) in [6.07, 6.45) is 0.167. The molecule has 0 aliphatic rings. The van der Waals surface area contributed by atoms with Crippen molar-refractivity contribution in [3.05, 3.63) is 76.1 Å². The minimum Gasteiger partial charge on any atom is -0.310 e. The van der Waals surface area contributed by atoms with Crippen LogP contribution in [0.3, 0.4) is 0 Å². The summed E-state index contributed by atoms with van der Waals surface area (Å²) in [5, 5.41) is 0.470. The molecule has 0 saturated carbocycles. The van der Waals surface area contributed by atoms with E-state index < -0.39 is 17.6 Å². The summed E-state index contributed by atoms with van der Waals surface area (Å²) < 4.78 is 13.5. The number of hydrogen-bond acceptors (Lipinski definition) is 4. The summed E-state index contributed by atoms with van der Waals surface area (Å²) in [4.78, 5) is 42.5. The molecule has 7 nitrogen and oxygen atoms in total. The zero-order chi connectivity index (χ0) is 18.5. The summed E-state index contributed by atoms with van der Waals surface area (Å²) in [5.41, 5.74) is 4.44. The van der Waals surface area contributed by atoms with Crippen molar-refractivity contribution in [1.82, 2.24) is 20.8 Å². The van der Waals surface area contributed by atoms with E-state index in [1.807, 2.05) is 0 Å². The Morgan fingerprint density at radius 3 is 2.58 bits per heavy atom. The molecule has 2 aromatic carbocycles. The highest BCUT2D eigenvalue weighted by Crippen LogP contribution is 2.07. The van der Waals surface area contributed by atoms with Crippen LogP contribution in [0, 0.1) is 5.82 Å². The minimum atomic E-state index is -0.756. The van der Waals surface area contributed by atoms with E-state index in [0.717, 1.165) is 6.07 Å². The van der Waals surface area contributed by atoms with Crippen LogP contribution < -0.4 is 16.4 Å². The Labute approximate surface area is 147 Å². The van der Waals surface area contributed by atoms with Crippen LogP contribution in [0.25, 0.3) is 10.9 Å². The molecule has 0 bridgehead atoms. The average Bonchev–Trinajstić information content (AvgIpc) is 2.65. The number of aryl methyl sites for hydroxylation is 1. The molecule has 1 heterocycles. The van der Waals surface area contributed by atoms with Crippen molar-refractivity contribution in [1.29, 1.82) is 0 Å². The van der Waals surface area contributed by atoms with Gasteiger partial charge in [-0.1, -0.05) is 24.3 Å². The Kier molecular flexibility index (Phi) is 5.02. The van der Waals surface area contributed by atoms with E-state index >= 15 is 0 Å². The lowest BCUT2D eigenvalue weighted by Gasteiger charge is -2.08. The Balaban J connectivity index is 1.57. The molecule has 26 heavy (non-hydrogen) atoms. The lowest BCUT2D eigenvalue weighted by Crippen LogP contribution is -2.42. The lowest BCUT2D eigenvalue weighted by atomic mass is 10.2. The molecular formula is C18H15FN4O3. The van der Waals surface area contributed by atoms with Crippen LogP contribution >= 0.6 is 0 Å². The Bertz CT molecular complexity index is 1030. The third kappa shape index (κ3) is 3.92. The molecule has 0 spiro atoms. The number of hydrogen-bond donors (Lipinski definition) is 3. The van der Waals surface area contributed by atoms with Crippen LogP contribution in [-0.4, -0.2) is 21.8 Å². The first-order chi connectivity index (χ1) is 12.5. The maximum Gasteiger partial charge on any atom is 0.272 e. The molecule has 0 fully saturated rings. The molecule has 0 aliphatic carbocycles. The fourth-order valence-corrected chi connectivity index (χ4v) is 2.39. The summed E-state index contributed by atoms with van der Waals surface area (Å²) in [7, 11) is 0. The van der Waals surface area contributed by atoms with Gasteiger partial charge in [0.15, 0.2) is 0 Å². The highest BCUT2D eigenvalue weighted by atomic mass is 19.1. The number of benzene rings is 2. The first-order valence-electron chi connectivity index (χ1n) is 7.86. The monoisotopic (exact) mass is 354 g/mol. The molecule has 0 saturated heterocycles. The molecule has 0 unspecified atom stereocenters. The van der Waals surface area contributed by atoms with E-state index in [9.17, 15) is 18.8 Å². The zero-order valence-electron chi connectivity index (χ0n) is 13.6. The van der Waals surface area contributed by atoms with Gasteiger partial charge < -0.3 is 4.98 Å². The molecule has 0 atom stereocenters. The number of nitrogens with zero attached hydrogens (tertiary/aromatic N) is 1. The van der Waals surface area contributed by atoms with Crippen LogP contribution in [0.1, 0.15) is 22.6 Å². The molecule has 0 aliphatic heterocycles. The highest BCUT2D eigenvalue weighted by molar-refractivity contribution is 5.95. The summed E-state index contributed by atoms with van der Waals surface area (Å²) in [5.74, 6) is -1.57. The molecule has 1 aromatic heterocycles. The highest BCUT2D eigenvalue weighted by Gasteiger charge is 2.12. The third-order valence-corrected chi connectivity index (χ3v) is 3.68. The summed E-state index contributed by atoms with van der Waals surface area (Å²) in [6, 6.07) is 12.3. The predicted molar refractivity (Wildman–Crippen MR) is 92.7 cm³/mol. The SMILES string of the molecule is O=C(CCc1nc2ccccc2c(=O)[nH]1)NNC(=O)c1ccccc1F. The number of halogens is 1. The van der Waals surface area contributed by atoms with E-state index in [0.29, 0.717) is 16.7 Å². The predicted octanol–water partition coefficient (Wildman–Crippen LogP) is 1.46. The van der Waals surface area contributed by atoms with Crippen LogP contribution in [0.2, 0.25) is 0 Å². The van der Waals surface area contributed by atoms with E-state index in [2.05, 4.69) is 20.8 Å². The molecule has 8 heteroatoms. The topological polar surface area (TPSA) is 104 Å². The first kappa shape index (κ1) is 17.3. The Morgan fingerprint density at radius 1 is 1.04 bits per heavy atom. The molecule has 3 N–H and O–H groups in total. The molecule has 3 aromatic rings. The van der Waals surface area contributed by atoms with Crippen LogP contribution in [0.4, 0.5) is 4.39 Å². The zero-order valence-corrected chi connectivity index (χ0v) is 13.6. The fourth-order valence-electron chi connectivity index (χ4n) is 2.39. The normalized spacial score (nSPS) is 10.5. The van der Waals surface area contributed by atoms with Gasteiger partial charge in [0.2, 0.25) is 5.91 Å². The van der Waals surface area contributed by atoms with E-state index in [4.69, 9.17) is 0 Å². The second-order valence-corrected chi connectivity index (χ2v) is 5.51. The van der Waals surface area contributed by atoms with E-state index in [-0.39, 0.29) is 24.0 Å². The van der Waals surface area contributed by atoms with Crippen molar-refractivity contribution in [2.75, 3.05) is 0 Å². The standard InChI is InChI=1S/C18H15FN4O3/c19-13-7-3-1-5-11(13)18(26)23-22-16(24)10-9-15-20-14-8-4-2-6-12(14)17(25)21-15/h1-8H,9-10H2,(H,22,24)(H,23,26)(H,20,21,25). The fraction of sp³-hybridized carbons (Fsp3) is 0.111. The van der Waals surface area contributed by atoms with Gasteiger partial charge in [0.05, 0.1) is 16.5 Å². The van der Waals surface area contributed by atoms with Crippen LogP contribution in [-0.2, 0) is 11.2 Å². The third-order valence-electron chi connectivity index (χ3n) is 3.68. The number of para-hydroxylation sites is 1. The molecule has 2 amide bonds.